The molecule has 0 amide bonds. The Morgan fingerprint density at radius 3 is 2.70 bits per heavy atom. The van der Waals surface area contributed by atoms with Gasteiger partial charge in [0.2, 0.25) is 10.0 Å². The van der Waals surface area contributed by atoms with E-state index in [0.717, 1.165) is 11.3 Å². The van der Waals surface area contributed by atoms with E-state index in [9.17, 15) is 8.42 Å². The topological polar surface area (TPSA) is 73.2 Å². The monoisotopic (exact) mass is 337 g/mol. The second-order valence-corrected chi connectivity index (χ2v) is 7.39. The molecule has 0 saturated carbocycles. The summed E-state index contributed by atoms with van der Waals surface area (Å²) in [6.45, 7) is 5.94. The van der Waals surface area contributed by atoms with Crippen LogP contribution in [-0.2, 0) is 16.4 Å². The van der Waals surface area contributed by atoms with Gasteiger partial charge in [-0.3, -0.25) is 4.68 Å². The second-order valence-electron chi connectivity index (χ2n) is 5.65. The van der Waals surface area contributed by atoms with E-state index in [1.807, 2.05) is 38.1 Å². The summed E-state index contributed by atoms with van der Waals surface area (Å²) in [7, 11) is -1.95. The maximum Gasteiger partial charge on any atom is 0.243 e. The van der Waals surface area contributed by atoms with E-state index in [1.165, 1.54) is 0 Å². The number of benzene rings is 1. The zero-order valence-corrected chi connectivity index (χ0v) is 14.7. The van der Waals surface area contributed by atoms with Crippen LogP contribution in [0.1, 0.15) is 31.1 Å². The van der Waals surface area contributed by atoms with E-state index in [0.29, 0.717) is 18.7 Å². The van der Waals surface area contributed by atoms with E-state index in [-0.39, 0.29) is 10.9 Å². The number of hydrogen-bond donors (Lipinski definition) is 1. The highest BCUT2D eigenvalue weighted by atomic mass is 32.2. The van der Waals surface area contributed by atoms with Crippen molar-refractivity contribution in [3.63, 3.8) is 0 Å². The van der Waals surface area contributed by atoms with Gasteiger partial charge < -0.3 is 4.74 Å². The Bertz CT molecular complexity index is 767. The van der Waals surface area contributed by atoms with Crippen LogP contribution in [0.4, 0.5) is 0 Å². The first kappa shape index (κ1) is 17.5. The number of ether oxygens (including phenoxy) is 1. The van der Waals surface area contributed by atoms with Gasteiger partial charge in [-0.25, -0.2) is 13.1 Å². The van der Waals surface area contributed by atoms with E-state index in [2.05, 4.69) is 9.82 Å². The van der Waals surface area contributed by atoms with Crippen molar-refractivity contribution >= 4 is 10.0 Å². The molecule has 6 nitrogen and oxygen atoms in total. The number of nitrogens with zero attached hydrogens (tertiary/aromatic N) is 2. The van der Waals surface area contributed by atoms with Crippen molar-refractivity contribution in [2.24, 2.45) is 0 Å². The summed E-state index contributed by atoms with van der Waals surface area (Å²) in [6, 6.07) is 7.71. The van der Waals surface area contributed by atoms with Crippen LogP contribution >= 0.6 is 0 Å². The van der Waals surface area contributed by atoms with Crippen LogP contribution < -0.4 is 9.46 Å². The highest BCUT2D eigenvalue weighted by molar-refractivity contribution is 7.89. The fourth-order valence-electron chi connectivity index (χ4n) is 2.23. The Morgan fingerprint density at radius 2 is 2.09 bits per heavy atom. The van der Waals surface area contributed by atoms with Crippen LogP contribution in [0.5, 0.6) is 5.75 Å². The molecule has 0 aliphatic carbocycles. The predicted molar refractivity (Wildman–Crippen MR) is 89.2 cm³/mol. The van der Waals surface area contributed by atoms with E-state index in [4.69, 9.17) is 4.74 Å². The molecule has 2 rings (SSSR count). The third-order valence-corrected chi connectivity index (χ3v) is 5.09. The Labute approximate surface area is 137 Å². The largest absolute Gasteiger partial charge is 0.497 e. The average Bonchev–Trinajstić information content (AvgIpc) is 2.90. The molecule has 0 fully saturated rings. The summed E-state index contributed by atoms with van der Waals surface area (Å²) in [5.74, 6) is 0.763. The molecule has 23 heavy (non-hydrogen) atoms. The fraction of sp³-hybridized carbons (Fsp3) is 0.438. The summed E-state index contributed by atoms with van der Waals surface area (Å²) < 4.78 is 34.3. The molecule has 0 aliphatic rings. The molecule has 1 N–H and O–H groups in total. The molecule has 1 aromatic carbocycles. The molecular weight excluding hydrogens is 314 g/mol. The Morgan fingerprint density at radius 1 is 1.35 bits per heavy atom. The maximum atomic E-state index is 12.4. The lowest BCUT2D eigenvalue weighted by atomic mass is 10.1. The normalized spacial score (nSPS) is 11.9. The van der Waals surface area contributed by atoms with Gasteiger partial charge in [0.25, 0.3) is 0 Å². The molecule has 0 bridgehead atoms. The number of aromatic nitrogens is 2. The van der Waals surface area contributed by atoms with Crippen LogP contribution in [0.15, 0.2) is 35.4 Å². The molecule has 7 heteroatoms. The van der Waals surface area contributed by atoms with E-state index < -0.39 is 10.0 Å². The fourth-order valence-corrected chi connectivity index (χ4v) is 3.43. The van der Waals surface area contributed by atoms with Crippen molar-refractivity contribution in [1.82, 2.24) is 14.5 Å². The summed E-state index contributed by atoms with van der Waals surface area (Å²) in [6.07, 6.45) is 2.17. The number of aryl methyl sites for hydroxylation is 1. The average molecular weight is 337 g/mol. The molecule has 0 radical (unpaired) electrons. The Kier molecular flexibility index (Phi) is 5.43. The quantitative estimate of drug-likeness (QED) is 0.841. The molecule has 0 unspecified atom stereocenters. The van der Waals surface area contributed by atoms with Crippen LogP contribution in [0, 0.1) is 6.92 Å². The van der Waals surface area contributed by atoms with Crippen molar-refractivity contribution in [2.45, 2.75) is 38.1 Å². The molecule has 0 saturated heterocycles. The van der Waals surface area contributed by atoms with E-state index in [1.54, 1.807) is 24.9 Å². The van der Waals surface area contributed by atoms with Gasteiger partial charge in [0, 0.05) is 18.8 Å². The Balaban J connectivity index is 2.04. The van der Waals surface area contributed by atoms with Crippen LogP contribution in [0.25, 0.3) is 0 Å². The summed E-state index contributed by atoms with van der Waals surface area (Å²) in [4.78, 5) is 0.233. The SMILES string of the molecule is COc1cccc(CCNS(=O)(=O)c2cn(C(C)C)nc2C)c1. The lowest BCUT2D eigenvalue weighted by Gasteiger charge is -2.07. The minimum absolute atomic E-state index is 0.120. The lowest BCUT2D eigenvalue weighted by molar-refractivity contribution is 0.414. The van der Waals surface area contributed by atoms with Crippen molar-refractivity contribution < 1.29 is 13.2 Å². The van der Waals surface area contributed by atoms with Gasteiger partial charge in [-0.2, -0.15) is 5.10 Å². The minimum atomic E-state index is -3.55. The molecule has 0 spiro atoms. The number of nitrogens with one attached hydrogen (secondary N) is 1. The molecular formula is C16H23N3O3S. The highest BCUT2D eigenvalue weighted by Gasteiger charge is 2.20. The maximum absolute atomic E-state index is 12.4. The number of rotatable bonds is 7. The van der Waals surface area contributed by atoms with E-state index >= 15 is 0 Å². The van der Waals surface area contributed by atoms with Crippen molar-refractivity contribution in [3.8, 4) is 5.75 Å². The number of methoxy groups -OCH3 is 1. The summed E-state index contributed by atoms with van der Waals surface area (Å²) in [5.41, 5.74) is 1.52. The molecule has 0 atom stereocenters. The molecule has 0 aliphatic heterocycles. The zero-order valence-electron chi connectivity index (χ0n) is 13.9. The Hall–Kier alpha value is -1.86. The highest BCUT2D eigenvalue weighted by Crippen LogP contribution is 2.16. The van der Waals surface area contributed by atoms with Gasteiger partial charge >= 0.3 is 0 Å². The van der Waals surface area contributed by atoms with Gasteiger partial charge in [-0.1, -0.05) is 12.1 Å². The first-order valence-electron chi connectivity index (χ1n) is 7.52. The number of hydrogen-bond acceptors (Lipinski definition) is 4. The summed E-state index contributed by atoms with van der Waals surface area (Å²) in [5, 5.41) is 4.25. The first-order valence-corrected chi connectivity index (χ1v) is 9.00. The summed E-state index contributed by atoms with van der Waals surface area (Å²) >= 11 is 0. The second kappa shape index (κ2) is 7.14. The lowest BCUT2D eigenvalue weighted by Crippen LogP contribution is -2.26. The first-order chi connectivity index (χ1) is 10.8. The molecule has 126 valence electrons. The zero-order chi connectivity index (χ0) is 17.0. The molecule has 1 aromatic heterocycles. The van der Waals surface area contributed by atoms with Gasteiger partial charge in [0.05, 0.1) is 12.8 Å². The number of sulfonamides is 1. The third-order valence-electron chi connectivity index (χ3n) is 3.53. The van der Waals surface area contributed by atoms with Crippen molar-refractivity contribution in [2.75, 3.05) is 13.7 Å². The van der Waals surface area contributed by atoms with Gasteiger partial charge in [0.1, 0.15) is 10.6 Å². The minimum Gasteiger partial charge on any atom is -0.497 e. The van der Waals surface area contributed by atoms with Gasteiger partial charge in [0.15, 0.2) is 0 Å². The van der Waals surface area contributed by atoms with Gasteiger partial charge in [-0.15, -0.1) is 0 Å². The predicted octanol–water partition coefficient (Wildman–Crippen LogP) is 2.30. The smallest absolute Gasteiger partial charge is 0.243 e. The van der Waals surface area contributed by atoms with Crippen molar-refractivity contribution in [1.29, 1.82) is 0 Å². The third kappa shape index (κ3) is 4.33. The van der Waals surface area contributed by atoms with Crippen LogP contribution in [-0.4, -0.2) is 31.9 Å². The van der Waals surface area contributed by atoms with Gasteiger partial charge in [-0.05, 0) is 44.9 Å². The standard InChI is InChI=1S/C16H23N3O3S/c1-12(2)19-11-16(13(3)18-19)23(20,21)17-9-8-14-6-5-7-15(10-14)22-4/h5-7,10-12,17H,8-9H2,1-4H3. The van der Waals surface area contributed by atoms with Crippen molar-refractivity contribution in [3.05, 3.63) is 41.7 Å². The molecule has 2 aromatic rings. The van der Waals surface area contributed by atoms with Crippen LogP contribution in [0.3, 0.4) is 0 Å². The molecule has 1 heterocycles. The van der Waals surface area contributed by atoms with Crippen LogP contribution in [0.2, 0.25) is 0 Å².